The molecule has 0 saturated carbocycles. The number of aryl methyl sites for hydroxylation is 1. The van der Waals surface area contributed by atoms with E-state index in [1.165, 1.54) is 6.07 Å². The number of fused-ring (bicyclic) bond motifs is 1. The number of hydrogen-bond donors (Lipinski definition) is 1. The highest BCUT2D eigenvalue weighted by molar-refractivity contribution is 7.89. The van der Waals surface area contributed by atoms with Gasteiger partial charge in [0.1, 0.15) is 11.4 Å². The fourth-order valence-corrected chi connectivity index (χ4v) is 6.54. The van der Waals surface area contributed by atoms with Gasteiger partial charge in [0.2, 0.25) is 10.0 Å². The Morgan fingerprint density at radius 1 is 1.12 bits per heavy atom. The van der Waals surface area contributed by atoms with Gasteiger partial charge in [0, 0.05) is 30.6 Å². The number of carbonyl (C=O) groups excluding carboxylic acids is 1. The number of sulfonamides is 1. The Morgan fingerprint density at radius 2 is 1.79 bits per heavy atom. The molecule has 0 bridgehead atoms. The van der Waals surface area contributed by atoms with Gasteiger partial charge in [-0.25, -0.2) is 8.42 Å². The van der Waals surface area contributed by atoms with Gasteiger partial charge in [-0.1, -0.05) is 45.0 Å². The van der Waals surface area contributed by atoms with Crippen molar-refractivity contribution in [1.82, 2.24) is 9.62 Å². The first-order valence-corrected chi connectivity index (χ1v) is 13.8. The van der Waals surface area contributed by atoms with E-state index < -0.39 is 10.0 Å². The van der Waals surface area contributed by atoms with Crippen LogP contribution in [0.3, 0.4) is 0 Å². The number of hydrogen-bond acceptors (Lipinski definition) is 4. The molecule has 1 unspecified atom stereocenters. The van der Waals surface area contributed by atoms with Crippen LogP contribution in [0.2, 0.25) is 0 Å². The Balaban J connectivity index is 1.61. The standard InChI is InChI=1S/C27H36N2O4S/c1-5-27(6-2)18-24(22-9-7-8-10-25(22)33-27)28-26(30)23-17-21(12-11-20(23)4)34(31,32)29-15-13-19(3)14-16-29/h7-12,17,19,24H,5-6,13-16,18H2,1-4H3,(H,28,30). The Labute approximate surface area is 203 Å². The third-order valence-corrected chi connectivity index (χ3v) is 9.52. The Kier molecular flexibility index (Phi) is 7.06. The molecular weight excluding hydrogens is 448 g/mol. The second-order valence-corrected chi connectivity index (χ2v) is 11.8. The van der Waals surface area contributed by atoms with E-state index in [-0.39, 0.29) is 22.4 Å². The van der Waals surface area contributed by atoms with Crippen molar-refractivity contribution in [3.63, 3.8) is 0 Å². The summed E-state index contributed by atoms with van der Waals surface area (Å²) in [5.41, 5.74) is 1.77. The molecule has 0 aliphatic carbocycles. The summed E-state index contributed by atoms with van der Waals surface area (Å²) in [5, 5.41) is 3.19. The highest BCUT2D eigenvalue weighted by Gasteiger charge is 2.39. The molecule has 184 valence electrons. The van der Waals surface area contributed by atoms with Crippen LogP contribution < -0.4 is 10.1 Å². The van der Waals surface area contributed by atoms with E-state index in [9.17, 15) is 13.2 Å². The van der Waals surface area contributed by atoms with Gasteiger partial charge in [-0.3, -0.25) is 4.79 Å². The van der Waals surface area contributed by atoms with Gasteiger partial charge in [-0.15, -0.1) is 0 Å². The van der Waals surface area contributed by atoms with Crippen LogP contribution >= 0.6 is 0 Å². The lowest BCUT2D eigenvalue weighted by molar-refractivity contribution is 0.0227. The summed E-state index contributed by atoms with van der Waals surface area (Å²) >= 11 is 0. The van der Waals surface area contributed by atoms with E-state index in [0.717, 1.165) is 42.6 Å². The highest BCUT2D eigenvalue weighted by Crippen LogP contribution is 2.42. The minimum absolute atomic E-state index is 0.182. The van der Waals surface area contributed by atoms with Gasteiger partial charge in [-0.2, -0.15) is 4.31 Å². The Hall–Kier alpha value is -2.38. The predicted octanol–water partition coefficient (Wildman–Crippen LogP) is 5.23. The van der Waals surface area contributed by atoms with Crippen molar-refractivity contribution in [3.8, 4) is 5.75 Å². The van der Waals surface area contributed by atoms with E-state index in [1.54, 1.807) is 16.4 Å². The van der Waals surface area contributed by atoms with Crippen molar-refractivity contribution in [2.24, 2.45) is 5.92 Å². The minimum Gasteiger partial charge on any atom is -0.487 e. The van der Waals surface area contributed by atoms with Gasteiger partial charge in [0.05, 0.1) is 10.9 Å². The second kappa shape index (κ2) is 9.70. The monoisotopic (exact) mass is 484 g/mol. The van der Waals surface area contributed by atoms with E-state index in [1.807, 2.05) is 31.2 Å². The second-order valence-electron chi connectivity index (χ2n) is 9.82. The molecule has 1 N–H and O–H groups in total. The summed E-state index contributed by atoms with van der Waals surface area (Å²) in [6.45, 7) is 9.25. The van der Waals surface area contributed by atoms with E-state index >= 15 is 0 Å². The number of ether oxygens (including phenoxy) is 1. The summed E-state index contributed by atoms with van der Waals surface area (Å²) in [6.07, 6.45) is 4.07. The number of carbonyl (C=O) groups is 1. The molecule has 1 atom stereocenters. The van der Waals surface area contributed by atoms with Gasteiger partial charge < -0.3 is 10.1 Å². The molecule has 1 amide bonds. The smallest absolute Gasteiger partial charge is 0.252 e. The molecule has 6 nitrogen and oxygen atoms in total. The normalized spacial score (nSPS) is 20.9. The van der Waals surface area contributed by atoms with Crippen LogP contribution in [0.25, 0.3) is 0 Å². The fourth-order valence-electron chi connectivity index (χ4n) is 5.05. The van der Waals surface area contributed by atoms with Crippen LogP contribution in [0.5, 0.6) is 5.75 Å². The lowest BCUT2D eigenvalue weighted by Gasteiger charge is -2.41. The number of nitrogens with zero attached hydrogens (tertiary/aromatic N) is 1. The zero-order chi connectivity index (χ0) is 24.5. The summed E-state index contributed by atoms with van der Waals surface area (Å²) < 4.78 is 34.5. The third-order valence-electron chi connectivity index (χ3n) is 7.63. The van der Waals surface area contributed by atoms with Gasteiger partial charge >= 0.3 is 0 Å². The number of nitrogens with one attached hydrogen (secondary N) is 1. The molecule has 2 aliphatic rings. The molecular formula is C27H36N2O4S. The number of piperidine rings is 1. The number of benzene rings is 2. The van der Waals surface area contributed by atoms with Crippen molar-refractivity contribution in [2.75, 3.05) is 13.1 Å². The molecule has 1 fully saturated rings. The summed E-state index contributed by atoms with van der Waals surface area (Å²) in [6, 6.07) is 12.5. The molecule has 0 spiro atoms. The molecule has 7 heteroatoms. The summed E-state index contributed by atoms with van der Waals surface area (Å²) in [4.78, 5) is 13.7. The molecule has 1 saturated heterocycles. The Bertz CT molecular complexity index is 1150. The lowest BCUT2D eigenvalue weighted by atomic mass is 9.83. The average molecular weight is 485 g/mol. The maximum atomic E-state index is 13.5. The maximum Gasteiger partial charge on any atom is 0.252 e. The first-order valence-electron chi connectivity index (χ1n) is 12.4. The van der Waals surface area contributed by atoms with Crippen LogP contribution in [-0.4, -0.2) is 37.3 Å². The van der Waals surface area contributed by atoms with Gasteiger partial charge in [0.25, 0.3) is 5.91 Å². The predicted molar refractivity (Wildman–Crippen MR) is 134 cm³/mol. The van der Waals surface area contributed by atoms with Crippen LogP contribution in [0.4, 0.5) is 0 Å². The topological polar surface area (TPSA) is 75.7 Å². The molecule has 2 aromatic carbocycles. The van der Waals surface area contributed by atoms with Crippen molar-refractivity contribution in [3.05, 3.63) is 59.2 Å². The van der Waals surface area contributed by atoms with Crippen molar-refractivity contribution in [2.45, 2.75) is 76.3 Å². The average Bonchev–Trinajstić information content (AvgIpc) is 2.84. The lowest BCUT2D eigenvalue weighted by Crippen LogP contribution is -2.44. The quantitative estimate of drug-likeness (QED) is 0.609. The fraction of sp³-hybridized carbons (Fsp3) is 0.519. The summed E-state index contributed by atoms with van der Waals surface area (Å²) in [5.74, 6) is 1.08. The van der Waals surface area contributed by atoms with Gasteiger partial charge in [-0.05, 0) is 62.3 Å². The van der Waals surface area contributed by atoms with Crippen LogP contribution in [-0.2, 0) is 10.0 Å². The van der Waals surface area contributed by atoms with E-state index in [0.29, 0.717) is 31.0 Å². The molecule has 2 aliphatic heterocycles. The Morgan fingerprint density at radius 3 is 2.47 bits per heavy atom. The number of para-hydroxylation sites is 1. The molecule has 4 rings (SSSR count). The van der Waals surface area contributed by atoms with Crippen LogP contribution in [0.1, 0.15) is 80.4 Å². The highest BCUT2D eigenvalue weighted by atomic mass is 32.2. The number of rotatable bonds is 6. The van der Waals surface area contributed by atoms with E-state index in [2.05, 4.69) is 26.1 Å². The molecule has 2 aromatic rings. The molecule has 2 heterocycles. The third kappa shape index (κ3) is 4.73. The zero-order valence-corrected chi connectivity index (χ0v) is 21.5. The van der Waals surface area contributed by atoms with Gasteiger partial charge in [0.15, 0.2) is 0 Å². The molecule has 34 heavy (non-hydrogen) atoms. The minimum atomic E-state index is -3.63. The molecule has 0 radical (unpaired) electrons. The van der Waals surface area contributed by atoms with Crippen molar-refractivity contribution < 1.29 is 17.9 Å². The maximum absolute atomic E-state index is 13.5. The van der Waals surface area contributed by atoms with Crippen LogP contribution in [0, 0.1) is 12.8 Å². The van der Waals surface area contributed by atoms with Crippen molar-refractivity contribution in [1.29, 1.82) is 0 Å². The number of amides is 1. The SMILES string of the molecule is CCC1(CC)CC(NC(=O)c2cc(S(=O)(=O)N3CCC(C)CC3)ccc2C)c2ccccc2O1. The van der Waals surface area contributed by atoms with Crippen molar-refractivity contribution >= 4 is 15.9 Å². The summed E-state index contributed by atoms with van der Waals surface area (Å²) in [7, 11) is -3.63. The zero-order valence-electron chi connectivity index (χ0n) is 20.6. The van der Waals surface area contributed by atoms with E-state index in [4.69, 9.17) is 4.74 Å². The molecule has 0 aromatic heterocycles. The first kappa shape index (κ1) is 24.7. The largest absolute Gasteiger partial charge is 0.487 e. The van der Waals surface area contributed by atoms with Crippen LogP contribution in [0.15, 0.2) is 47.4 Å². The first-order chi connectivity index (χ1) is 16.2.